The molecule has 0 rings (SSSR count). The molecule has 3 atom stereocenters. The first-order valence-corrected chi connectivity index (χ1v) is 13.9. The van der Waals surface area contributed by atoms with Gasteiger partial charge in [0.05, 0.1) is 11.7 Å². The summed E-state index contributed by atoms with van der Waals surface area (Å²) >= 11 is 0. The second kappa shape index (κ2) is 20.1. The van der Waals surface area contributed by atoms with Crippen molar-refractivity contribution in [1.29, 1.82) is 0 Å². The molecule has 0 heterocycles. The molecule has 0 aliphatic heterocycles. The van der Waals surface area contributed by atoms with Crippen LogP contribution in [0.2, 0.25) is 0 Å². The third-order valence-corrected chi connectivity index (χ3v) is 6.45. The summed E-state index contributed by atoms with van der Waals surface area (Å²) in [7, 11) is 0. The lowest BCUT2D eigenvalue weighted by Gasteiger charge is -2.24. The van der Waals surface area contributed by atoms with Gasteiger partial charge in [-0.15, -0.1) is 0 Å². The number of aliphatic carboxylic acids is 1. The molecule has 0 amide bonds. The molecule has 0 aromatic carbocycles. The topological polar surface area (TPSA) is 104 Å². The molecule has 0 bridgehead atoms. The molecule has 3 N–H and O–H groups in total. The first-order chi connectivity index (χ1) is 16.0. The van der Waals surface area contributed by atoms with Crippen molar-refractivity contribution < 1.29 is 29.6 Å². The summed E-state index contributed by atoms with van der Waals surface area (Å²) in [5.74, 6) is -0.816. The fourth-order valence-electron chi connectivity index (χ4n) is 4.29. The SMILES string of the molecule is CCCCCCCCC(O)C(CCCCCCCC(=O)O)OC(=O)CC(C)CCCC(C)(C)O. The lowest BCUT2D eigenvalue weighted by atomic mass is 9.95. The van der Waals surface area contributed by atoms with Crippen molar-refractivity contribution in [3.8, 4) is 0 Å². The number of esters is 1. The molecule has 0 fully saturated rings. The summed E-state index contributed by atoms with van der Waals surface area (Å²) in [6, 6.07) is 0. The Balaban J connectivity index is 4.48. The average molecular weight is 487 g/mol. The van der Waals surface area contributed by atoms with Crippen molar-refractivity contribution in [2.45, 2.75) is 161 Å². The van der Waals surface area contributed by atoms with Crippen LogP contribution in [-0.2, 0) is 14.3 Å². The maximum atomic E-state index is 12.6. The summed E-state index contributed by atoms with van der Waals surface area (Å²) in [6.45, 7) is 7.83. The van der Waals surface area contributed by atoms with Gasteiger partial charge in [-0.2, -0.15) is 0 Å². The third-order valence-electron chi connectivity index (χ3n) is 6.45. The van der Waals surface area contributed by atoms with Gasteiger partial charge < -0.3 is 20.1 Å². The van der Waals surface area contributed by atoms with Crippen molar-refractivity contribution in [3.05, 3.63) is 0 Å². The van der Waals surface area contributed by atoms with Gasteiger partial charge in [0.25, 0.3) is 0 Å². The van der Waals surface area contributed by atoms with E-state index in [9.17, 15) is 19.8 Å². The Bertz CT molecular complexity index is 514. The monoisotopic (exact) mass is 486 g/mol. The van der Waals surface area contributed by atoms with Gasteiger partial charge in [0, 0.05) is 12.8 Å². The number of carboxylic acids is 1. The minimum Gasteiger partial charge on any atom is -0.481 e. The second-order valence-corrected chi connectivity index (χ2v) is 10.9. The highest BCUT2D eigenvalue weighted by Crippen LogP contribution is 2.21. The number of ether oxygens (including phenoxy) is 1. The second-order valence-electron chi connectivity index (χ2n) is 10.9. The smallest absolute Gasteiger partial charge is 0.306 e. The van der Waals surface area contributed by atoms with E-state index in [1.807, 2.05) is 6.92 Å². The highest BCUT2D eigenvalue weighted by atomic mass is 16.6. The van der Waals surface area contributed by atoms with E-state index in [1.165, 1.54) is 25.7 Å². The van der Waals surface area contributed by atoms with Crippen LogP contribution in [0.1, 0.15) is 143 Å². The number of aliphatic hydroxyl groups is 2. The highest BCUT2D eigenvalue weighted by molar-refractivity contribution is 5.69. The molecule has 202 valence electrons. The molecule has 0 aliphatic rings. The van der Waals surface area contributed by atoms with Crippen molar-refractivity contribution in [2.24, 2.45) is 5.92 Å². The Labute approximate surface area is 208 Å². The first-order valence-electron chi connectivity index (χ1n) is 13.9. The third kappa shape index (κ3) is 21.4. The summed E-state index contributed by atoms with van der Waals surface area (Å²) in [4.78, 5) is 23.2. The molecule has 0 aromatic heterocycles. The molecule has 6 nitrogen and oxygen atoms in total. The number of hydrogen-bond donors (Lipinski definition) is 3. The van der Waals surface area contributed by atoms with E-state index in [4.69, 9.17) is 9.84 Å². The lowest BCUT2D eigenvalue weighted by molar-refractivity contribution is -0.157. The largest absolute Gasteiger partial charge is 0.481 e. The highest BCUT2D eigenvalue weighted by Gasteiger charge is 2.24. The molecular weight excluding hydrogens is 432 g/mol. The molecule has 0 saturated carbocycles. The van der Waals surface area contributed by atoms with Crippen LogP contribution in [-0.4, -0.2) is 45.1 Å². The van der Waals surface area contributed by atoms with E-state index in [0.29, 0.717) is 32.1 Å². The maximum Gasteiger partial charge on any atom is 0.306 e. The molecule has 0 aliphatic carbocycles. The number of carbonyl (C=O) groups is 2. The average Bonchev–Trinajstić information content (AvgIpc) is 2.73. The summed E-state index contributed by atoms with van der Waals surface area (Å²) in [6.07, 6.45) is 14.5. The zero-order valence-electron chi connectivity index (χ0n) is 22.5. The van der Waals surface area contributed by atoms with Crippen molar-refractivity contribution in [3.63, 3.8) is 0 Å². The van der Waals surface area contributed by atoms with E-state index >= 15 is 0 Å². The summed E-state index contributed by atoms with van der Waals surface area (Å²) in [5, 5.41) is 29.3. The minimum atomic E-state index is -0.751. The van der Waals surface area contributed by atoms with Crippen molar-refractivity contribution in [2.75, 3.05) is 0 Å². The number of hydrogen-bond acceptors (Lipinski definition) is 5. The van der Waals surface area contributed by atoms with Gasteiger partial charge in [-0.3, -0.25) is 9.59 Å². The molecule has 3 unspecified atom stereocenters. The lowest BCUT2D eigenvalue weighted by Crippen LogP contribution is -2.32. The number of carbonyl (C=O) groups excluding carboxylic acids is 1. The van der Waals surface area contributed by atoms with Gasteiger partial charge in [-0.1, -0.05) is 84.5 Å². The quantitative estimate of drug-likeness (QED) is 0.108. The van der Waals surface area contributed by atoms with Crippen LogP contribution >= 0.6 is 0 Å². The summed E-state index contributed by atoms with van der Waals surface area (Å²) < 4.78 is 5.77. The zero-order valence-corrected chi connectivity index (χ0v) is 22.5. The number of aliphatic hydroxyl groups excluding tert-OH is 1. The van der Waals surface area contributed by atoms with Gasteiger partial charge in [0.1, 0.15) is 6.10 Å². The summed E-state index contributed by atoms with van der Waals surface area (Å²) in [5.41, 5.74) is -0.681. The van der Waals surface area contributed by atoms with Gasteiger partial charge in [0.15, 0.2) is 0 Å². The molecule has 6 heteroatoms. The maximum absolute atomic E-state index is 12.6. The van der Waals surface area contributed by atoms with Crippen LogP contribution in [0.25, 0.3) is 0 Å². The minimum absolute atomic E-state index is 0.181. The predicted octanol–water partition coefficient (Wildman–Crippen LogP) is 6.79. The number of carboxylic acid groups (broad SMARTS) is 1. The normalized spacial score (nSPS) is 14.5. The van der Waals surface area contributed by atoms with Crippen LogP contribution in [0.5, 0.6) is 0 Å². The Hall–Kier alpha value is -1.14. The Morgan fingerprint density at radius 3 is 1.97 bits per heavy atom. The van der Waals surface area contributed by atoms with Crippen LogP contribution in [0.15, 0.2) is 0 Å². The van der Waals surface area contributed by atoms with Crippen molar-refractivity contribution in [1.82, 2.24) is 0 Å². The fraction of sp³-hybridized carbons (Fsp3) is 0.929. The van der Waals surface area contributed by atoms with Gasteiger partial charge in [-0.25, -0.2) is 0 Å². The number of unbranched alkanes of at least 4 members (excludes halogenated alkanes) is 9. The van der Waals surface area contributed by atoms with Gasteiger partial charge in [0.2, 0.25) is 0 Å². The Morgan fingerprint density at radius 1 is 0.824 bits per heavy atom. The fourth-order valence-corrected chi connectivity index (χ4v) is 4.29. The Kier molecular flexibility index (Phi) is 19.4. The van der Waals surface area contributed by atoms with E-state index in [0.717, 1.165) is 51.4 Å². The first kappa shape index (κ1) is 32.9. The van der Waals surface area contributed by atoms with Crippen molar-refractivity contribution >= 4 is 11.9 Å². The molecule has 0 saturated heterocycles. The van der Waals surface area contributed by atoms with Crippen LogP contribution in [0.3, 0.4) is 0 Å². The van der Waals surface area contributed by atoms with E-state index in [1.54, 1.807) is 13.8 Å². The Morgan fingerprint density at radius 2 is 1.38 bits per heavy atom. The van der Waals surface area contributed by atoms with Crippen LogP contribution in [0, 0.1) is 5.92 Å². The molecule has 0 radical (unpaired) electrons. The number of rotatable bonds is 23. The van der Waals surface area contributed by atoms with E-state index in [2.05, 4.69) is 6.92 Å². The molecular formula is C28H54O6. The zero-order chi connectivity index (χ0) is 25.8. The standard InChI is InChI=1S/C28H54O6/c1-5-6-7-8-10-13-18-24(29)25(19-14-11-9-12-15-20-26(30)31)34-27(32)22-23(2)17-16-21-28(3,4)33/h23-25,29,33H,5-22H2,1-4H3,(H,30,31). The van der Waals surface area contributed by atoms with Gasteiger partial charge in [-0.05, 0) is 51.9 Å². The van der Waals surface area contributed by atoms with Crippen LogP contribution in [0.4, 0.5) is 0 Å². The predicted molar refractivity (Wildman–Crippen MR) is 138 cm³/mol. The molecule has 0 spiro atoms. The molecule has 34 heavy (non-hydrogen) atoms. The van der Waals surface area contributed by atoms with Crippen LogP contribution < -0.4 is 0 Å². The van der Waals surface area contributed by atoms with E-state index in [-0.39, 0.29) is 18.3 Å². The molecule has 0 aromatic rings. The van der Waals surface area contributed by atoms with E-state index < -0.39 is 23.8 Å². The van der Waals surface area contributed by atoms with Gasteiger partial charge >= 0.3 is 11.9 Å².